The summed E-state index contributed by atoms with van der Waals surface area (Å²) in [5.41, 5.74) is 12.0. The molecule has 0 atom stereocenters. The minimum Gasteiger partial charge on any atom is -0.870 e. The van der Waals surface area contributed by atoms with E-state index in [1.54, 1.807) is 11.1 Å². The van der Waals surface area contributed by atoms with Crippen molar-refractivity contribution in [3.63, 3.8) is 0 Å². The molecule has 0 saturated carbocycles. The van der Waals surface area contributed by atoms with Crippen LogP contribution in [0.3, 0.4) is 0 Å². The molecule has 3 N–H and O–H groups in total. The molecule has 2 aliphatic heterocycles. The fourth-order valence-corrected chi connectivity index (χ4v) is 4.16. The summed E-state index contributed by atoms with van der Waals surface area (Å²) in [6.45, 7) is 7.07. The average Bonchev–Trinajstić information content (AvgIpc) is 2.83. The molecule has 0 fully saturated rings. The lowest BCUT2D eigenvalue weighted by molar-refractivity contribution is -0.905. The van der Waals surface area contributed by atoms with Gasteiger partial charge in [-0.3, -0.25) is 5.32 Å². The lowest BCUT2D eigenvalue weighted by Gasteiger charge is -2.36. The highest BCUT2D eigenvalue weighted by atomic mass is 16.0. The summed E-state index contributed by atoms with van der Waals surface area (Å²) in [6.07, 6.45) is 1.21. The van der Waals surface area contributed by atoms with E-state index in [2.05, 4.69) is 57.5 Å². The van der Waals surface area contributed by atoms with Gasteiger partial charge in [0.1, 0.15) is 17.9 Å². The van der Waals surface area contributed by atoms with Crippen LogP contribution in [-0.2, 0) is 13.0 Å². The van der Waals surface area contributed by atoms with Crippen LogP contribution in [0.15, 0.2) is 24.3 Å². The zero-order valence-electron chi connectivity index (χ0n) is 13.9. The molecule has 0 aromatic heterocycles. The van der Waals surface area contributed by atoms with Crippen molar-refractivity contribution >= 4 is 11.4 Å². The monoisotopic (exact) mass is 297 g/mol. The van der Waals surface area contributed by atoms with Gasteiger partial charge in [-0.25, -0.2) is 0 Å². The van der Waals surface area contributed by atoms with Gasteiger partial charge < -0.3 is 9.96 Å². The molecule has 22 heavy (non-hydrogen) atoms. The summed E-state index contributed by atoms with van der Waals surface area (Å²) in [6, 6.07) is 8.83. The van der Waals surface area contributed by atoms with Crippen LogP contribution in [0.5, 0.6) is 0 Å². The molecule has 0 amide bonds. The molecule has 2 heterocycles. The topological polar surface area (TPSA) is 46.6 Å². The van der Waals surface area contributed by atoms with Gasteiger partial charge >= 0.3 is 0 Å². The summed E-state index contributed by atoms with van der Waals surface area (Å²) in [5.74, 6) is 0. The Bertz CT molecular complexity index is 763. The number of nitrogens with two attached hydrogens (primary N) is 1. The number of rotatable bonds is 0. The summed E-state index contributed by atoms with van der Waals surface area (Å²) in [4.78, 5) is 0. The van der Waals surface area contributed by atoms with E-state index in [4.69, 9.17) is 0 Å². The van der Waals surface area contributed by atoms with Gasteiger partial charge in [-0.15, -0.1) is 0 Å². The van der Waals surface area contributed by atoms with Crippen molar-refractivity contribution in [3.8, 4) is 11.1 Å². The maximum absolute atomic E-state index is 2.39. The molecule has 0 bridgehead atoms. The third kappa shape index (κ3) is 2.01. The van der Waals surface area contributed by atoms with Gasteiger partial charge in [-0.2, -0.15) is 0 Å². The van der Waals surface area contributed by atoms with Crippen molar-refractivity contribution < 1.29 is 15.3 Å². The Kier molecular flexibility index (Phi) is 3.40. The second kappa shape index (κ2) is 4.92. The number of hydrogen-bond acceptors (Lipinski definition) is 1. The molecule has 0 unspecified atom stereocenters. The zero-order valence-corrected chi connectivity index (χ0v) is 13.9. The van der Waals surface area contributed by atoms with Crippen molar-refractivity contribution in [3.05, 3.63) is 46.5 Å². The van der Waals surface area contributed by atoms with Crippen LogP contribution in [0.25, 0.3) is 11.1 Å². The van der Waals surface area contributed by atoms with Gasteiger partial charge in [-0.1, -0.05) is 12.1 Å². The molecule has 2 aromatic carbocycles. The minimum atomic E-state index is 0. The van der Waals surface area contributed by atoms with Crippen LogP contribution in [0.2, 0.25) is 0 Å². The molecule has 4 rings (SSSR count). The highest BCUT2D eigenvalue weighted by Crippen LogP contribution is 2.44. The molecule has 116 valence electrons. The first-order chi connectivity index (χ1) is 9.98. The van der Waals surface area contributed by atoms with Crippen LogP contribution >= 0.6 is 0 Å². The number of nitrogens with zero attached hydrogens (tertiary/aromatic N) is 1. The van der Waals surface area contributed by atoms with E-state index in [1.807, 2.05) is 0 Å². The SMILES string of the molecule is Cc1c2c(c(C)c3c1[NH2+]c1ccccc1-3)C[N+](C)(C)CC2.[OH-]. The first-order valence-electron chi connectivity index (χ1n) is 7.89. The lowest BCUT2D eigenvalue weighted by atomic mass is 9.85. The predicted octanol–water partition coefficient (Wildman–Crippen LogP) is 2.77. The predicted molar refractivity (Wildman–Crippen MR) is 88.9 cm³/mol. The van der Waals surface area contributed by atoms with Crippen LogP contribution in [-0.4, -0.2) is 30.6 Å². The lowest BCUT2D eigenvalue weighted by Crippen LogP contribution is -2.69. The molecular formula is C19H25N2O+. The van der Waals surface area contributed by atoms with Crippen LogP contribution in [0, 0.1) is 13.8 Å². The third-order valence-corrected chi connectivity index (χ3v) is 5.40. The molecule has 0 aliphatic carbocycles. The standard InChI is InChI=1S/C19H23N2.H2O/c1-12-16-11-21(3,4)10-9-14(16)13(2)19-18(12)15-7-5-6-8-17(15)20-19;/h5-8,20H,9-11H2,1-4H3;1H2/q+1;. The second-order valence-electron chi connectivity index (χ2n) is 7.29. The van der Waals surface area contributed by atoms with Gasteiger partial charge in [0, 0.05) is 29.2 Å². The van der Waals surface area contributed by atoms with E-state index < -0.39 is 0 Å². The Morgan fingerprint density at radius 2 is 1.73 bits per heavy atom. The molecule has 3 heteroatoms. The van der Waals surface area contributed by atoms with Crippen molar-refractivity contribution in [2.45, 2.75) is 26.8 Å². The number of likely N-dealkylation sites (N-methyl/N-ethyl adjacent to an activating group) is 1. The molecule has 3 nitrogen and oxygen atoms in total. The van der Waals surface area contributed by atoms with Crippen molar-refractivity contribution in [1.82, 2.24) is 0 Å². The Balaban J connectivity index is 0.00000144. The molecule has 0 radical (unpaired) electrons. The summed E-state index contributed by atoms with van der Waals surface area (Å²) < 4.78 is 1.11. The van der Waals surface area contributed by atoms with E-state index in [9.17, 15) is 0 Å². The highest BCUT2D eigenvalue weighted by Gasteiger charge is 2.35. The van der Waals surface area contributed by atoms with Crippen molar-refractivity contribution in [2.24, 2.45) is 0 Å². The van der Waals surface area contributed by atoms with E-state index in [0.29, 0.717) is 0 Å². The zero-order chi connectivity index (χ0) is 14.8. The second-order valence-corrected chi connectivity index (χ2v) is 7.29. The maximum atomic E-state index is 2.39. The first kappa shape index (κ1) is 15.2. The first-order valence-corrected chi connectivity index (χ1v) is 7.89. The Morgan fingerprint density at radius 1 is 1.00 bits per heavy atom. The normalized spacial score (nSPS) is 17.3. The summed E-state index contributed by atoms with van der Waals surface area (Å²) >= 11 is 0. The number of benzene rings is 2. The third-order valence-electron chi connectivity index (χ3n) is 5.40. The Labute approximate surface area is 132 Å². The highest BCUT2D eigenvalue weighted by molar-refractivity contribution is 5.89. The van der Waals surface area contributed by atoms with Gasteiger partial charge in [0.25, 0.3) is 0 Å². The van der Waals surface area contributed by atoms with Gasteiger partial charge in [0.2, 0.25) is 0 Å². The molecule has 2 aromatic rings. The molecular weight excluding hydrogens is 272 g/mol. The van der Waals surface area contributed by atoms with Crippen LogP contribution < -0.4 is 5.32 Å². The fourth-order valence-electron chi connectivity index (χ4n) is 4.16. The smallest absolute Gasteiger partial charge is 0.146 e. The number of para-hydroxylation sites is 1. The van der Waals surface area contributed by atoms with E-state index in [0.717, 1.165) is 11.0 Å². The Morgan fingerprint density at radius 3 is 2.50 bits per heavy atom. The van der Waals surface area contributed by atoms with Gasteiger partial charge in [-0.05, 0) is 31.0 Å². The number of quaternary nitrogens is 2. The van der Waals surface area contributed by atoms with E-state index in [-0.39, 0.29) is 5.48 Å². The largest absolute Gasteiger partial charge is 0.870 e. The minimum absolute atomic E-state index is 0. The van der Waals surface area contributed by atoms with Gasteiger partial charge in [0.05, 0.1) is 26.2 Å². The van der Waals surface area contributed by atoms with Gasteiger partial charge in [0.15, 0.2) is 0 Å². The Hall–Kier alpha value is -1.68. The van der Waals surface area contributed by atoms with Crippen LogP contribution in [0.4, 0.5) is 11.4 Å². The van der Waals surface area contributed by atoms with Crippen LogP contribution in [0.1, 0.15) is 22.3 Å². The number of fused-ring (bicyclic) bond motifs is 4. The summed E-state index contributed by atoms with van der Waals surface area (Å²) in [7, 11) is 4.70. The summed E-state index contributed by atoms with van der Waals surface area (Å²) in [5, 5.41) is 2.39. The number of hydrogen-bond donors (Lipinski definition) is 1. The maximum Gasteiger partial charge on any atom is 0.146 e. The molecule has 2 aliphatic rings. The molecule has 0 spiro atoms. The quantitative estimate of drug-likeness (QED) is 0.503. The van der Waals surface area contributed by atoms with E-state index >= 15 is 0 Å². The van der Waals surface area contributed by atoms with Crippen molar-refractivity contribution in [1.29, 1.82) is 0 Å². The van der Waals surface area contributed by atoms with Crippen molar-refractivity contribution in [2.75, 3.05) is 20.6 Å². The average molecular weight is 297 g/mol. The molecule has 0 saturated heterocycles. The fraction of sp³-hybridized carbons (Fsp3) is 0.368. The van der Waals surface area contributed by atoms with E-state index in [1.165, 1.54) is 46.6 Å².